The Morgan fingerprint density at radius 3 is 2.20 bits per heavy atom. The summed E-state index contributed by atoms with van der Waals surface area (Å²) < 4.78 is 34.0. The third kappa shape index (κ3) is 5.82. The Morgan fingerprint density at radius 1 is 0.933 bits per heavy atom. The number of primary sulfonamides is 1. The Bertz CT molecular complexity index is 1110. The molecule has 0 radical (unpaired) electrons. The molecule has 3 N–H and O–H groups in total. The molecule has 0 heterocycles. The SMILES string of the molecule is CCOc1ccc(Oc2ccccc2NC(=O)Cc2ccc(S(N)(=O)=O)cc2)cc1. The van der Waals surface area contributed by atoms with Crippen molar-refractivity contribution in [3.63, 3.8) is 0 Å². The van der Waals surface area contributed by atoms with Crippen molar-refractivity contribution < 1.29 is 22.7 Å². The van der Waals surface area contributed by atoms with E-state index in [0.29, 0.717) is 29.4 Å². The van der Waals surface area contributed by atoms with E-state index in [9.17, 15) is 13.2 Å². The number of carbonyl (C=O) groups excluding carboxylic acids is 1. The smallest absolute Gasteiger partial charge is 0.238 e. The normalized spacial score (nSPS) is 11.0. The van der Waals surface area contributed by atoms with Crippen LogP contribution in [-0.2, 0) is 21.2 Å². The first-order valence-corrected chi connectivity index (χ1v) is 10.8. The molecule has 8 heteroatoms. The second-order valence-electron chi connectivity index (χ2n) is 6.42. The summed E-state index contributed by atoms with van der Waals surface area (Å²) in [7, 11) is -3.76. The van der Waals surface area contributed by atoms with Crippen LogP contribution in [0.4, 0.5) is 5.69 Å². The monoisotopic (exact) mass is 426 g/mol. The largest absolute Gasteiger partial charge is 0.494 e. The number of ether oxygens (including phenoxy) is 2. The van der Waals surface area contributed by atoms with Gasteiger partial charge in [-0.25, -0.2) is 13.6 Å². The van der Waals surface area contributed by atoms with Crippen LogP contribution in [-0.4, -0.2) is 20.9 Å². The fourth-order valence-electron chi connectivity index (χ4n) is 2.73. The first kappa shape index (κ1) is 21.4. The molecule has 30 heavy (non-hydrogen) atoms. The van der Waals surface area contributed by atoms with Crippen LogP contribution >= 0.6 is 0 Å². The molecule has 3 aromatic rings. The van der Waals surface area contributed by atoms with Gasteiger partial charge in [0.15, 0.2) is 5.75 Å². The summed E-state index contributed by atoms with van der Waals surface area (Å²) in [5.41, 5.74) is 1.18. The lowest BCUT2D eigenvalue weighted by atomic mass is 10.1. The van der Waals surface area contributed by atoms with Crippen LogP contribution in [0.1, 0.15) is 12.5 Å². The molecule has 7 nitrogen and oxygen atoms in total. The van der Waals surface area contributed by atoms with Crippen molar-refractivity contribution in [2.75, 3.05) is 11.9 Å². The van der Waals surface area contributed by atoms with Crippen LogP contribution in [0.15, 0.2) is 77.7 Å². The van der Waals surface area contributed by atoms with Crippen molar-refractivity contribution in [1.29, 1.82) is 0 Å². The van der Waals surface area contributed by atoms with Gasteiger partial charge in [0.1, 0.15) is 11.5 Å². The van der Waals surface area contributed by atoms with Gasteiger partial charge in [-0.1, -0.05) is 24.3 Å². The van der Waals surface area contributed by atoms with Gasteiger partial charge in [-0.15, -0.1) is 0 Å². The fourth-order valence-corrected chi connectivity index (χ4v) is 3.25. The van der Waals surface area contributed by atoms with Crippen molar-refractivity contribution >= 4 is 21.6 Å². The second kappa shape index (κ2) is 9.43. The van der Waals surface area contributed by atoms with Crippen molar-refractivity contribution in [1.82, 2.24) is 0 Å². The number of amides is 1. The molecular weight excluding hydrogens is 404 g/mol. The Morgan fingerprint density at radius 2 is 1.57 bits per heavy atom. The van der Waals surface area contributed by atoms with E-state index in [1.165, 1.54) is 12.1 Å². The highest BCUT2D eigenvalue weighted by Gasteiger charge is 2.11. The highest BCUT2D eigenvalue weighted by atomic mass is 32.2. The molecule has 0 aliphatic rings. The molecule has 0 saturated heterocycles. The van der Waals surface area contributed by atoms with Gasteiger partial charge in [-0.3, -0.25) is 4.79 Å². The number of anilines is 1. The first-order valence-electron chi connectivity index (χ1n) is 9.26. The quantitative estimate of drug-likeness (QED) is 0.571. The summed E-state index contributed by atoms with van der Waals surface area (Å²) in [5.74, 6) is 1.60. The third-order valence-electron chi connectivity index (χ3n) is 4.14. The van der Waals surface area contributed by atoms with Crippen LogP contribution in [0.2, 0.25) is 0 Å². The summed E-state index contributed by atoms with van der Waals surface area (Å²) >= 11 is 0. The first-order chi connectivity index (χ1) is 14.3. The van der Waals surface area contributed by atoms with E-state index in [4.69, 9.17) is 14.6 Å². The minimum atomic E-state index is -3.76. The molecular formula is C22H22N2O5S. The molecule has 3 aromatic carbocycles. The number of rotatable bonds is 8. The zero-order chi connectivity index (χ0) is 21.6. The number of nitrogens with one attached hydrogen (secondary N) is 1. The van der Waals surface area contributed by atoms with Crippen molar-refractivity contribution in [2.24, 2.45) is 5.14 Å². The molecule has 1 amide bonds. The lowest BCUT2D eigenvalue weighted by Crippen LogP contribution is -2.15. The van der Waals surface area contributed by atoms with Gasteiger partial charge in [0.05, 0.1) is 23.6 Å². The summed E-state index contributed by atoms with van der Waals surface area (Å²) in [6.07, 6.45) is 0.0717. The fraction of sp³-hybridized carbons (Fsp3) is 0.136. The minimum Gasteiger partial charge on any atom is -0.494 e. The van der Waals surface area contributed by atoms with Crippen molar-refractivity contribution in [3.8, 4) is 17.2 Å². The number of sulfonamides is 1. The van der Waals surface area contributed by atoms with E-state index >= 15 is 0 Å². The lowest BCUT2D eigenvalue weighted by molar-refractivity contribution is -0.115. The van der Waals surface area contributed by atoms with E-state index in [1.807, 2.05) is 25.1 Å². The lowest BCUT2D eigenvalue weighted by Gasteiger charge is -2.13. The molecule has 3 rings (SSSR count). The summed E-state index contributed by atoms with van der Waals surface area (Å²) in [5, 5.41) is 7.91. The maximum atomic E-state index is 12.5. The van der Waals surface area contributed by atoms with Gasteiger partial charge >= 0.3 is 0 Å². The average Bonchev–Trinajstić information content (AvgIpc) is 2.71. The maximum absolute atomic E-state index is 12.5. The number of benzene rings is 3. The van der Waals surface area contributed by atoms with Crippen molar-refractivity contribution in [3.05, 3.63) is 78.4 Å². The van der Waals surface area contributed by atoms with Crippen LogP contribution in [0.3, 0.4) is 0 Å². The summed E-state index contributed by atoms with van der Waals surface area (Å²) in [6, 6.07) is 20.2. The summed E-state index contributed by atoms with van der Waals surface area (Å²) in [6.45, 7) is 2.50. The predicted molar refractivity (Wildman–Crippen MR) is 114 cm³/mol. The molecule has 0 fully saturated rings. The molecule has 0 bridgehead atoms. The zero-order valence-corrected chi connectivity index (χ0v) is 17.2. The number of hydrogen-bond donors (Lipinski definition) is 2. The van der Waals surface area contributed by atoms with Crippen LogP contribution in [0.5, 0.6) is 17.2 Å². The molecule has 0 unspecified atom stereocenters. The van der Waals surface area contributed by atoms with Gasteiger partial charge in [0, 0.05) is 0 Å². The van der Waals surface area contributed by atoms with Gasteiger partial charge in [-0.05, 0) is 61.0 Å². The number of hydrogen-bond acceptors (Lipinski definition) is 5. The second-order valence-corrected chi connectivity index (χ2v) is 7.98. The van der Waals surface area contributed by atoms with E-state index < -0.39 is 10.0 Å². The predicted octanol–water partition coefficient (Wildman–Crippen LogP) is 3.71. The molecule has 0 aliphatic carbocycles. The maximum Gasteiger partial charge on any atom is 0.238 e. The third-order valence-corrected chi connectivity index (χ3v) is 5.07. The Balaban J connectivity index is 1.67. The topological polar surface area (TPSA) is 108 Å². The van der Waals surface area contributed by atoms with Gasteiger partial charge in [-0.2, -0.15) is 0 Å². The standard InChI is InChI=1S/C22H22N2O5S/c1-2-28-17-9-11-18(12-10-17)29-21-6-4-3-5-20(21)24-22(25)15-16-7-13-19(14-8-16)30(23,26)27/h3-14H,2,15H2,1H3,(H,24,25)(H2,23,26,27). The van der Waals surface area contributed by atoms with E-state index in [0.717, 1.165) is 5.75 Å². The van der Waals surface area contributed by atoms with Crippen molar-refractivity contribution in [2.45, 2.75) is 18.2 Å². The van der Waals surface area contributed by atoms with Gasteiger partial charge in [0.2, 0.25) is 15.9 Å². The summed E-state index contributed by atoms with van der Waals surface area (Å²) in [4.78, 5) is 12.5. The van der Waals surface area contributed by atoms with Gasteiger partial charge < -0.3 is 14.8 Å². The van der Waals surface area contributed by atoms with E-state index in [-0.39, 0.29) is 17.2 Å². The van der Waals surface area contributed by atoms with Crippen LogP contribution in [0, 0.1) is 0 Å². The molecule has 0 spiro atoms. The van der Waals surface area contributed by atoms with Crippen LogP contribution in [0.25, 0.3) is 0 Å². The highest BCUT2D eigenvalue weighted by molar-refractivity contribution is 7.89. The number of para-hydroxylation sites is 2. The van der Waals surface area contributed by atoms with Crippen LogP contribution < -0.4 is 19.9 Å². The minimum absolute atomic E-state index is 0.000703. The highest BCUT2D eigenvalue weighted by Crippen LogP contribution is 2.30. The van der Waals surface area contributed by atoms with Gasteiger partial charge in [0.25, 0.3) is 0 Å². The molecule has 0 aromatic heterocycles. The van der Waals surface area contributed by atoms with E-state index in [1.54, 1.807) is 42.5 Å². The Labute approximate surface area is 175 Å². The molecule has 0 aliphatic heterocycles. The average molecular weight is 426 g/mol. The van der Waals surface area contributed by atoms with E-state index in [2.05, 4.69) is 5.32 Å². The number of carbonyl (C=O) groups is 1. The molecule has 0 atom stereocenters. The number of nitrogens with two attached hydrogens (primary N) is 1. The zero-order valence-electron chi connectivity index (χ0n) is 16.4. The Hall–Kier alpha value is -3.36. The molecule has 156 valence electrons. The Kier molecular flexibility index (Phi) is 6.71. The molecule has 0 saturated carbocycles.